The van der Waals surface area contributed by atoms with Gasteiger partial charge in [-0.15, -0.1) is 34.0 Å². The van der Waals surface area contributed by atoms with E-state index in [9.17, 15) is 0 Å². The first-order valence-corrected chi connectivity index (χ1v) is 45.9. The summed E-state index contributed by atoms with van der Waals surface area (Å²) in [6.45, 7) is 0. The summed E-state index contributed by atoms with van der Waals surface area (Å²) in [5.74, 6) is 0. The fourth-order valence-electron chi connectivity index (χ4n) is 18.9. The Morgan fingerprint density at radius 3 is 1.18 bits per heavy atom. The summed E-state index contributed by atoms with van der Waals surface area (Å²) < 4.78 is 11.2. The molecule has 14 aromatic carbocycles. The molecule has 0 saturated heterocycles. The van der Waals surface area contributed by atoms with Crippen molar-refractivity contribution in [1.82, 2.24) is 48.1 Å². The van der Waals surface area contributed by atoms with Crippen LogP contribution in [0.1, 0.15) is 0 Å². The highest BCUT2D eigenvalue weighted by atomic mass is 32.1. The average Bonchev–Trinajstić information content (AvgIpc) is 1.56. The molecule has 27 aromatic rings. The van der Waals surface area contributed by atoms with Gasteiger partial charge >= 0.3 is 0 Å². The molecule has 27 rings (SSSR count). The van der Waals surface area contributed by atoms with E-state index >= 15 is 0 Å². The van der Waals surface area contributed by atoms with Gasteiger partial charge in [0.25, 0.3) is 0 Å². The zero-order valence-corrected chi connectivity index (χ0v) is 72.2. The molecule has 608 valence electrons. The van der Waals surface area contributed by atoms with Crippen LogP contribution in [0.15, 0.2) is 437 Å². The third kappa shape index (κ3) is 13.2. The Kier molecular flexibility index (Phi) is 18.6. The Hall–Kier alpha value is -16.6. The topological polar surface area (TPSA) is 103 Å². The van der Waals surface area contributed by atoms with Crippen LogP contribution in [0.25, 0.3) is 245 Å². The summed E-state index contributed by atoms with van der Waals surface area (Å²) in [7, 11) is 0. The predicted molar refractivity (Wildman–Crippen MR) is 545 cm³/mol. The van der Waals surface area contributed by atoms with Crippen molar-refractivity contribution in [3.8, 4) is 123 Å². The third-order valence-corrected chi connectivity index (χ3v) is 28.4. The maximum absolute atomic E-state index is 5.13. The number of para-hydroxylation sites is 4. The third-order valence-electron chi connectivity index (χ3n) is 25.0. The summed E-state index contributed by atoms with van der Waals surface area (Å²) in [6.07, 6.45) is 7.29. The maximum atomic E-state index is 5.13. The van der Waals surface area contributed by atoms with Gasteiger partial charge in [0.1, 0.15) is 14.5 Å². The van der Waals surface area contributed by atoms with Gasteiger partial charge in [-0.3, -0.25) is 33.1 Å². The van der Waals surface area contributed by atoms with Crippen LogP contribution in [0.3, 0.4) is 0 Å². The number of hydrogen-bond donors (Lipinski definition) is 0. The van der Waals surface area contributed by atoms with E-state index in [4.69, 9.17) is 15.0 Å². The van der Waals surface area contributed by atoms with Crippen LogP contribution in [-0.4, -0.2) is 48.1 Å². The molecule has 0 atom stereocenters. The smallest absolute Gasteiger partial charge is 0.109 e. The molecule has 0 saturated carbocycles. The molecule has 0 unspecified atom stereocenters. The second-order valence-corrected chi connectivity index (χ2v) is 35.7. The molecule has 0 fully saturated rings. The fourth-order valence-corrected chi connectivity index (χ4v) is 22.7. The van der Waals surface area contributed by atoms with Crippen LogP contribution in [0.5, 0.6) is 0 Å². The first-order chi connectivity index (χ1) is 64.4. The van der Waals surface area contributed by atoms with Gasteiger partial charge in [-0.2, -0.15) is 0 Å². The first-order valence-electron chi connectivity index (χ1n) is 43.4. The van der Waals surface area contributed by atoms with Crippen molar-refractivity contribution in [2.45, 2.75) is 0 Å². The highest BCUT2D eigenvalue weighted by Crippen LogP contribution is 2.49. The van der Waals surface area contributed by atoms with Crippen molar-refractivity contribution in [3.63, 3.8) is 0 Å². The molecule has 0 aliphatic heterocycles. The Morgan fingerprint density at radius 1 is 0.185 bits per heavy atom. The molecule has 13 heterocycles. The van der Waals surface area contributed by atoms with Crippen molar-refractivity contribution in [2.24, 2.45) is 0 Å². The molecular weight excluding hydrogens is 1640 g/mol. The van der Waals surface area contributed by atoms with E-state index in [0.717, 1.165) is 100 Å². The van der Waals surface area contributed by atoms with E-state index in [1.807, 2.05) is 107 Å². The van der Waals surface area contributed by atoms with Gasteiger partial charge in [-0.25, -0.2) is 15.0 Å². The molecule has 0 amide bonds. The number of rotatable bonds is 11. The van der Waals surface area contributed by atoms with Crippen LogP contribution >= 0.6 is 34.0 Å². The van der Waals surface area contributed by atoms with Crippen LogP contribution in [0.2, 0.25) is 0 Å². The monoisotopic (exact) mass is 1710 g/mol. The Morgan fingerprint density at radius 2 is 0.600 bits per heavy atom. The molecule has 0 radical (unpaired) electrons. The van der Waals surface area contributed by atoms with Crippen molar-refractivity contribution in [1.29, 1.82) is 0 Å². The van der Waals surface area contributed by atoms with Gasteiger partial charge in [0, 0.05) is 95.9 Å². The van der Waals surface area contributed by atoms with E-state index in [1.165, 1.54) is 145 Å². The van der Waals surface area contributed by atoms with Gasteiger partial charge in [-0.05, 0) is 177 Å². The van der Waals surface area contributed by atoms with Crippen LogP contribution in [-0.2, 0) is 0 Å². The van der Waals surface area contributed by atoms with Gasteiger partial charge < -0.3 is 0 Å². The van der Waals surface area contributed by atoms with Crippen molar-refractivity contribution in [2.75, 3.05) is 0 Å². The zero-order valence-electron chi connectivity index (χ0n) is 69.8. The second kappa shape index (κ2) is 31.8. The number of hydrogen-bond acceptors (Lipinski definition) is 10. The van der Waals surface area contributed by atoms with Gasteiger partial charge in [0.15, 0.2) is 0 Å². The van der Waals surface area contributed by atoms with Gasteiger partial charge in [0.2, 0.25) is 0 Å². The van der Waals surface area contributed by atoms with Crippen molar-refractivity contribution in [3.05, 3.63) is 437 Å². The largest absolute Gasteiger partial charge is 0.299 e. The molecule has 0 spiro atoms. The Bertz CT molecular complexity index is 9060. The molecule has 0 aliphatic carbocycles. The first kappa shape index (κ1) is 75.9. The van der Waals surface area contributed by atoms with E-state index < -0.39 is 0 Å². The van der Waals surface area contributed by atoms with Crippen molar-refractivity contribution < 1.29 is 0 Å². The fraction of sp³-hybridized carbons (Fsp3) is 0. The van der Waals surface area contributed by atoms with Crippen LogP contribution in [0, 0.1) is 0 Å². The number of nitrogens with zero attached hydrogens (tertiary/aromatic N) is 10. The van der Waals surface area contributed by atoms with E-state index in [0.29, 0.717) is 0 Å². The molecule has 0 aliphatic rings. The number of aromatic nitrogens is 10. The minimum absolute atomic E-state index is 0.818. The lowest BCUT2D eigenvalue weighted by atomic mass is 9.97. The normalized spacial score (nSPS) is 11.7. The molecule has 0 bridgehead atoms. The zero-order chi connectivity index (χ0) is 85.7. The lowest BCUT2D eigenvalue weighted by molar-refractivity contribution is 1.22. The van der Waals surface area contributed by atoms with Gasteiger partial charge in [-0.1, -0.05) is 291 Å². The molecule has 13 heteroatoms. The number of thiazole rings is 3. The minimum atomic E-state index is 0.818. The molecule has 13 aromatic heterocycles. The standard InChI is InChI=1S/C41H26N4S.2C38H23N3S/c1-2-12-27(13-3-1)31-17-11-21-38-40(31)45-37-20-5-4-16-32(37)39(41(45)46-38)29-15-10-14-28(24-29)30-25-35(33-18-6-8-22-42-33)44-36(26-30)34-19-7-9-23-43-34;1-2-8-24(9-3-1)27-18-20-34-33(23-27)41-32-14-5-4-13-30(32)35(38(41)42-34)29-11-6-10-28(22-29)31-19-17-26-16-15-25-12-7-21-39-36(25)37(26)40-31;1-2-7-24(8-3-1)29-19-21-33-34(23-29)42-38-35(30-10-4-5-11-32(30)41(33)38)26-14-12-25(13-15-26)31-20-18-28-17-16-27-9-6-22-39-36(27)37(28)40-31/h1-26H;2*1-23H. The highest BCUT2D eigenvalue weighted by molar-refractivity contribution is 7.25. The van der Waals surface area contributed by atoms with Crippen LogP contribution < -0.4 is 0 Å². The number of fused-ring (bicyclic) bond motifs is 21. The molecule has 130 heavy (non-hydrogen) atoms. The lowest BCUT2D eigenvalue weighted by Crippen LogP contribution is -1.94. The van der Waals surface area contributed by atoms with E-state index in [2.05, 4.69) is 397 Å². The highest BCUT2D eigenvalue weighted by Gasteiger charge is 2.25. The summed E-state index contributed by atoms with van der Waals surface area (Å²) in [5, 5.41) is 8.18. The maximum Gasteiger partial charge on any atom is 0.109 e. The minimum Gasteiger partial charge on any atom is -0.299 e. The molecule has 0 N–H and O–H groups in total. The lowest BCUT2D eigenvalue weighted by Gasteiger charge is -2.10. The second-order valence-electron chi connectivity index (χ2n) is 32.6. The predicted octanol–water partition coefficient (Wildman–Crippen LogP) is 31.6. The Labute approximate surface area is 758 Å². The SMILES string of the molecule is c1ccc(-c2ccc3c(c2)sc2c(-c4ccc(-c5ccc6ccc7cccnc7c6n5)cc4)c4ccccc4n23)cc1.c1ccc(-c2ccc3sc4c(-c5cccc(-c6ccc7ccc8cccnc8c7n6)c5)c5ccccc5n4c3c2)cc1.c1ccc(-c2cccc3sc4c(-c5cccc(-c6cc(-c7ccccn7)nc(-c7ccccn7)c6)c5)c5ccccc5n4c23)cc1. The Balaban J connectivity index is 0.000000105. The summed E-state index contributed by atoms with van der Waals surface area (Å²) >= 11 is 5.58. The molecular formula is C117H72N10S3. The summed E-state index contributed by atoms with van der Waals surface area (Å²) in [6, 6.07) is 146. The van der Waals surface area contributed by atoms with E-state index in [1.54, 1.807) is 0 Å². The van der Waals surface area contributed by atoms with Crippen LogP contribution in [0.4, 0.5) is 0 Å². The number of benzene rings is 14. The average molecular weight is 1710 g/mol. The quantitative estimate of drug-likeness (QED) is 0.119. The summed E-state index contributed by atoms with van der Waals surface area (Å²) in [5.41, 5.74) is 35.5. The van der Waals surface area contributed by atoms with Crippen molar-refractivity contribution >= 4 is 155 Å². The van der Waals surface area contributed by atoms with E-state index in [-0.39, 0.29) is 0 Å². The van der Waals surface area contributed by atoms with Gasteiger partial charge in [0.05, 0.1) is 103 Å². The molecule has 10 nitrogen and oxygen atoms in total. The summed E-state index contributed by atoms with van der Waals surface area (Å²) in [4.78, 5) is 37.5. The number of pyridine rings is 7.